The van der Waals surface area contributed by atoms with Crippen LogP contribution >= 0.6 is 31.9 Å². The lowest BCUT2D eigenvalue weighted by Gasteiger charge is -2.12. The van der Waals surface area contributed by atoms with Gasteiger partial charge < -0.3 is 5.32 Å². The second-order valence-electron chi connectivity index (χ2n) is 5.63. The quantitative estimate of drug-likeness (QED) is 0.662. The number of sulfonamides is 1. The van der Waals surface area contributed by atoms with Crippen LogP contribution in [0, 0.1) is 5.82 Å². The summed E-state index contributed by atoms with van der Waals surface area (Å²) in [5, 5.41) is 2.84. The molecule has 0 atom stereocenters. The topological polar surface area (TPSA) is 75.3 Å². The molecule has 2 N–H and O–H groups in total. The lowest BCUT2D eigenvalue weighted by atomic mass is 10.2. The van der Waals surface area contributed by atoms with Crippen molar-refractivity contribution < 1.29 is 17.6 Å². The Morgan fingerprint density at radius 2 is 1.76 bits per heavy atom. The van der Waals surface area contributed by atoms with E-state index in [1.807, 2.05) is 0 Å². The van der Waals surface area contributed by atoms with Crippen LogP contribution in [0.25, 0.3) is 0 Å². The number of amides is 1. The maximum Gasteiger partial charge on any atom is 0.264 e. The van der Waals surface area contributed by atoms with E-state index < -0.39 is 15.8 Å². The first kappa shape index (κ1) is 18.3. The highest BCUT2D eigenvalue weighted by Crippen LogP contribution is 2.32. The Balaban J connectivity index is 1.87. The molecular formula is C16H13Br2FN2O3S. The van der Waals surface area contributed by atoms with Crippen molar-refractivity contribution in [2.75, 3.05) is 4.72 Å². The summed E-state index contributed by atoms with van der Waals surface area (Å²) in [6.07, 6.45) is 1.93. The van der Waals surface area contributed by atoms with Crippen LogP contribution in [-0.2, 0) is 10.0 Å². The van der Waals surface area contributed by atoms with Crippen LogP contribution in [0.5, 0.6) is 0 Å². The molecule has 1 saturated carbocycles. The molecule has 0 bridgehead atoms. The fourth-order valence-corrected chi connectivity index (χ4v) is 5.79. The molecule has 3 rings (SSSR count). The van der Waals surface area contributed by atoms with Gasteiger partial charge in [0.1, 0.15) is 10.7 Å². The van der Waals surface area contributed by atoms with Crippen LogP contribution in [0.3, 0.4) is 0 Å². The Labute approximate surface area is 161 Å². The van der Waals surface area contributed by atoms with E-state index >= 15 is 0 Å². The van der Waals surface area contributed by atoms with E-state index in [1.165, 1.54) is 12.1 Å². The standard InChI is InChI=1S/C16H13Br2FN2O3S/c17-13-7-10(19)8-14(18)15(13)25(23,24)21-12-3-1-2-9(6-12)16(22)20-11-4-5-11/h1-3,6-8,11,21H,4-5H2,(H,20,22). The Hall–Kier alpha value is -1.45. The normalized spacial score (nSPS) is 14.2. The zero-order valence-electron chi connectivity index (χ0n) is 12.7. The molecule has 0 aliphatic heterocycles. The Kier molecular flexibility index (Phi) is 5.17. The van der Waals surface area contributed by atoms with E-state index in [0.29, 0.717) is 5.56 Å². The average molecular weight is 492 g/mol. The van der Waals surface area contributed by atoms with Crippen LogP contribution in [0.4, 0.5) is 10.1 Å². The number of hydrogen-bond donors (Lipinski definition) is 2. The second kappa shape index (κ2) is 7.05. The molecule has 0 radical (unpaired) electrons. The highest BCUT2D eigenvalue weighted by molar-refractivity contribution is 9.11. The first-order valence-corrected chi connectivity index (χ1v) is 10.4. The zero-order chi connectivity index (χ0) is 18.2. The van der Waals surface area contributed by atoms with Gasteiger partial charge in [0.25, 0.3) is 15.9 Å². The number of anilines is 1. The molecule has 2 aromatic carbocycles. The summed E-state index contributed by atoms with van der Waals surface area (Å²) in [5.41, 5.74) is 0.607. The summed E-state index contributed by atoms with van der Waals surface area (Å²) in [4.78, 5) is 12.0. The molecule has 2 aromatic rings. The molecule has 1 fully saturated rings. The maximum absolute atomic E-state index is 13.4. The number of halogens is 3. The predicted molar refractivity (Wildman–Crippen MR) is 99.5 cm³/mol. The van der Waals surface area contributed by atoms with Crippen LogP contribution in [0.1, 0.15) is 23.2 Å². The molecule has 0 spiro atoms. The van der Waals surface area contributed by atoms with Gasteiger partial charge in [0.15, 0.2) is 0 Å². The van der Waals surface area contributed by atoms with Gasteiger partial charge in [-0.2, -0.15) is 0 Å². The van der Waals surface area contributed by atoms with Crippen molar-refractivity contribution in [3.05, 3.63) is 56.7 Å². The molecular weight excluding hydrogens is 479 g/mol. The molecule has 0 saturated heterocycles. The molecule has 0 heterocycles. The smallest absolute Gasteiger partial charge is 0.264 e. The van der Waals surface area contributed by atoms with Crippen molar-refractivity contribution >= 4 is 53.5 Å². The van der Waals surface area contributed by atoms with E-state index in [-0.39, 0.29) is 31.5 Å². The first-order chi connectivity index (χ1) is 11.8. The van der Waals surface area contributed by atoms with Crippen LogP contribution in [0.15, 0.2) is 50.2 Å². The highest BCUT2D eigenvalue weighted by atomic mass is 79.9. The van der Waals surface area contributed by atoms with Gasteiger partial charge in [-0.3, -0.25) is 9.52 Å². The van der Waals surface area contributed by atoms with Gasteiger partial charge >= 0.3 is 0 Å². The van der Waals surface area contributed by atoms with Crippen molar-refractivity contribution in [1.82, 2.24) is 5.32 Å². The second-order valence-corrected chi connectivity index (χ2v) is 8.96. The summed E-state index contributed by atoms with van der Waals surface area (Å²) in [6.45, 7) is 0. The van der Waals surface area contributed by atoms with Gasteiger partial charge in [0, 0.05) is 26.2 Å². The van der Waals surface area contributed by atoms with Gasteiger partial charge in [-0.05, 0) is 75.0 Å². The summed E-state index contributed by atoms with van der Waals surface area (Å²) in [5.74, 6) is -0.816. The molecule has 0 aromatic heterocycles. The minimum absolute atomic E-state index is 0.0921. The number of rotatable bonds is 5. The maximum atomic E-state index is 13.4. The predicted octanol–water partition coefficient (Wildman–Crippen LogP) is 4.04. The van der Waals surface area contributed by atoms with Gasteiger partial charge in [-0.25, -0.2) is 12.8 Å². The molecule has 132 valence electrons. The average Bonchev–Trinajstić information content (AvgIpc) is 3.29. The fraction of sp³-hybridized carbons (Fsp3) is 0.188. The molecule has 0 unspecified atom stereocenters. The number of benzene rings is 2. The van der Waals surface area contributed by atoms with E-state index in [9.17, 15) is 17.6 Å². The van der Waals surface area contributed by atoms with Crippen LogP contribution in [0.2, 0.25) is 0 Å². The molecule has 1 aliphatic carbocycles. The third kappa shape index (κ3) is 4.39. The number of carbonyl (C=O) groups is 1. The van der Waals surface area contributed by atoms with E-state index in [0.717, 1.165) is 25.0 Å². The van der Waals surface area contributed by atoms with Crippen LogP contribution in [-0.4, -0.2) is 20.4 Å². The van der Waals surface area contributed by atoms with Gasteiger partial charge in [0.05, 0.1) is 0 Å². The monoisotopic (exact) mass is 490 g/mol. The number of carbonyl (C=O) groups excluding carboxylic acids is 1. The largest absolute Gasteiger partial charge is 0.349 e. The summed E-state index contributed by atoms with van der Waals surface area (Å²) in [7, 11) is -3.99. The lowest BCUT2D eigenvalue weighted by Crippen LogP contribution is -2.25. The molecule has 5 nitrogen and oxygen atoms in total. The van der Waals surface area contributed by atoms with Gasteiger partial charge in [0.2, 0.25) is 0 Å². The third-order valence-electron chi connectivity index (χ3n) is 3.52. The van der Waals surface area contributed by atoms with Crippen molar-refractivity contribution in [3.63, 3.8) is 0 Å². The first-order valence-electron chi connectivity index (χ1n) is 7.34. The SMILES string of the molecule is O=C(NC1CC1)c1cccc(NS(=O)(=O)c2c(Br)cc(F)cc2Br)c1. The van der Waals surface area contributed by atoms with Gasteiger partial charge in [-0.15, -0.1) is 0 Å². The lowest BCUT2D eigenvalue weighted by molar-refractivity contribution is 0.0951. The summed E-state index contributed by atoms with van der Waals surface area (Å²) < 4.78 is 41.2. The Morgan fingerprint density at radius 3 is 2.36 bits per heavy atom. The fourth-order valence-electron chi connectivity index (χ4n) is 2.21. The van der Waals surface area contributed by atoms with E-state index in [4.69, 9.17) is 0 Å². The van der Waals surface area contributed by atoms with Crippen molar-refractivity contribution in [2.45, 2.75) is 23.8 Å². The van der Waals surface area contributed by atoms with Gasteiger partial charge in [-0.1, -0.05) is 6.07 Å². The number of nitrogens with one attached hydrogen (secondary N) is 2. The number of hydrogen-bond acceptors (Lipinski definition) is 3. The minimum atomic E-state index is -3.99. The Bertz CT molecular complexity index is 923. The van der Waals surface area contributed by atoms with E-state index in [1.54, 1.807) is 12.1 Å². The van der Waals surface area contributed by atoms with E-state index in [2.05, 4.69) is 41.9 Å². The van der Waals surface area contributed by atoms with Crippen molar-refractivity contribution in [2.24, 2.45) is 0 Å². The summed E-state index contributed by atoms with van der Waals surface area (Å²) in [6, 6.07) is 8.54. The molecule has 25 heavy (non-hydrogen) atoms. The minimum Gasteiger partial charge on any atom is -0.349 e. The van der Waals surface area contributed by atoms with Crippen LogP contribution < -0.4 is 10.0 Å². The highest BCUT2D eigenvalue weighted by Gasteiger charge is 2.25. The zero-order valence-corrected chi connectivity index (χ0v) is 16.7. The van der Waals surface area contributed by atoms with Crippen molar-refractivity contribution in [1.29, 1.82) is 0 Å². The molecule has 9 heteroatoms. The molecule has 1 amide bonds. The molecule has 1 aliphatic rings. The van der Waals surface area contributed by atoms with Crippen molar-refractivity contribution in [3.8, 4) is 0 Å². The Morgan fingerprint density at radius 1 is 1.12 bits per heavy atom. The third-order valence-corrected chi connectivity index (χ3v) is 6.78. The summed E-state index contributed by atoms with van der Waals surface area (Å²) >= 11 is 6.13.